The lowest BCUT2D eigenvalue weighted by Crippen LogP contribution is -2.23. The summed E-state index contributed by atoms with van der Waals surface area (Å²) in [4.78, 5) is 0. The molecule has 0 saturated carbocycles. The van der Waals surface area contributed by atoms with Crippen molar-refractivity contribution in [2.45, 2.75) is 19.1 Å². The molecular formula is C10H14ClNO2. The van der Waals surface area contributed by atoms with Gasteiger partial charge in [-0.15, -0.1) is 0 Å². The molecule has 1 rings (SSSR count). The smallest absolute Gasteiger partial charge is 0.137 e. The van der Waals surface area contributed by atoms with Crippen LogP contribution in [0.15, 0.2) is 18.2 Å². The summed E-state index contributed by atoms with van der Waals surface area (Å²) in [5, 5.41) is 9.84. The van der Waals surface area contributed by atoms with E-state index < -0.39 is 12.1 Å². The van der Waals surface area contributed by atoms with Crippen molar-refractivity contribution in [2.75, 3.05) is 7.11 Å². The Morgan fingerprint density at radius 1 is 1.50 bits per heavy atom. The second-order valence-corrected chi connectivity index (χ2v) is 3.57. The quantitative estimate of drug-likeness (QED) is 0.808. The monoisotopic (exact) mass is 215 g/mol. The minimum atomic E-state index is -0.596. The molecule has 3 N–H and O–H groups in total. The topological polar surface area (TPSA) is 55.5 Å². The molecule has 0 heterocycles. The first kappa shape index (κ1) is 11.3. The minimum Gasteiger partial charge on any atom is -0.495 e. The molecule has 0 fully saturated rings. The van der Waals surface area contributed by atoms with E-state index in [-0.39, 0.29) is 0 Å². The summed E-state index contributed by atoms with van der Waals surface area (Å²) < 4.78 is 5.05. The van der Waals surface area contributed by atoms with Crippen LogP contribution in [0, 0.1) is 0 Å². The summed E-state index contributed by atoms with van der Waals surface area (Å²) in [6.07, 6.45) is -0.596. The molecule has 0 aliphatic rings. The molecule has 0 amide bonds. The zero-order valence-corrected chi connectivity index (χ0v) is 8.95. The zero-order chi connectivity index (χ0) is 10.7. The standard InChI is InChI=1S/C10H14ClNO2/c1-6(13)10(12)7-3-4-8(11)9(5-7)14-2/h3-6,10,13H,12H2,1-2H3/t6-,10-/m1/s1. The van der Waals surface area contributed by atoms with Crippen molar-refractivity contribution in [1.29, 1.82) is 0 Å². The van der Waals surface area contributed by atoms with E-state index in [1.165, 1.54) is 0 Å². The third-order valence-corrected chi connectivity index (χ3v) is 2.39. The van der Waals surface area contributed by atoms with Gasteiger partial charge in [0.05, 0.1) is 24.3 Å². The molecule has 1 aromatic carbocycles. The van der Waals surface area contributed by atoms with Crippen LogP contribution in [0.25, 0.3) is 0 Å². The fraction of sp³-hybridized carbons (Fsp3) is 0.400. The SMILES string of the molecule is COc1cc([C@H](N)[C@@H](C)O)ccc1Cl. The second kappa shape index (κ2) is 4.64. The zero-order valence-electron chi connectivity index (χ0n) is 8.20. The number of methoxy groups -OCH3 is 1. The van der Waals surface area contributed by atoms with E-state index in [1.54, 1.807) is 32.2 Å². The van der Waals surface area contributed by atoms with Crippen LogP contribution in [0.3, 0.4) is 0 Å². The maximum absolute atomic E-state index is 9.31. The van der Waals surface area contributed by atoms with Crippen molar-refractivity contribution >= 4 is 11.6 Å². The highest BCUT2D eigenvalue weighted by molar-refractivity contribution is 6.32. The highest BCUT2D eigenvalue weighted by Gasteiger charge is 2.13. The van der Waals surface area contributed by atoms with Crippen LogP contribution >= 0.6 is 11.6 Å². The highest BCUT2D eigenvalue weighted by Crippen LogP contribution is 2.27. The lowest BCUT2D eigenvalue weighted by atomic mass is 10.0. The first-order chi connectivity index (χ1) is 6.56. The van der Waals surface area contributed by atoms with Gasteiger partial charge in [-0.05, 0) is 24.6 Å². The summed E-state index contributed by atoms with van der Waals surface area (Å²) in [7, 11) is 1.54. The van der Waals surface area contributed by atoms with Gasteiger partial charge in [0.25, 0.3) is 0 Å². The first-order valence-electron chi connectivity index (χ1n) is 4.33. The number of aliphatic hydroxyl groups excluding tert-OH is 1. The molecule has 2 atom stereocenters. The molecule has 4 heteroatoms. The highest BCUT2D eigenvalue weighted by atomic mass is 35.5. The van der Waals surface area contributed by atoms with Crippen LogP contribution in [0.4, 0.5) is 0 Å². The van der Waals surface area contributed by atoms with Gasteiger partial charge in [0.15, 0.2) is 0 Å². The van der Waals surface area contributed by atoms with Crippen LogP contribution < -0.4 is 10.5 Å². The van der Waals surface area contributed by atoms with Crippen molar-refractivity contribution in [3.63, 3.8) is 0 Å². The normalized spacial score (nSPS) is 14.9. The number of rotatable bonds is 3. The lowest BCUT2D eigenvalue weighted by Gasteiger charge is -2.16. The van der Waals surface area contributed by atoms with E-state index in [0.717, 1.165) is 5.56 Å². The third-order valence-electron chi connectivity index (χ3n) is 2.08. The summed E-state index contributed by atoms with van der Waals surface area (Å²) in [5.74, 6) is 0.570. The van der Waals surface area contributed by atoms with Gasteiger partial charge in [0, 0.05) is 0 Å². The third kappa shape index (κ3) is 2.38. The first-order valence-corrected chi connectivity index (χ1v) is 4.71. The molecule has 0 bridgehead atoms. The Labute approximate surface area is 88.4 Å². The van der Waals surface area contributed by atoms with E-state index >= 15 is 0 Å². The molecule has 0 aliphatic heterocycles. The van der Waals surface area contributed by atoms with Gasteiger partial charge in [0.2, 0.25) is 0 Å². The maximum atomic E-state index is 9.31. The fourth-order valence-electron chi connectivity index (χ4n) is 1.16. The predicted molar refractivity (Wildman–Crippen MR) is 56.6 cm³/mol. The van der Waals surface area contributed by atoms with E-state index in [9.17, 15) is 5.11 Å². The number of hydrogen-bond donors (Lipinski definition) is 2. The molecule has 0 aromatic heterocycles. The van der Waals surface area contributed by atoms with Crippen LogP contribution in [0.1, 0.15) is 18.5 Å². The number of hydrogen-bond acceptors (Lipinski definition) is 3. The Hall–Kier alpha value is -0.770. The molecule has 1 aromatic rings. The minimum absolute atomic E-state index is 0.416. The van der Waals surface area contributed by atoms with Crippen LogP contribution in [0.5, 0.6) is 5.75 Å². The van der Waals surface area contributed by atoms with Crippen molar-refractivity contribution < 1.29 is 9.84 Å². The Morgan fingerprint density at radius 3 is 2.64 bits per heavy atom. The predicted octanol–water partition coefficient (Wildman–Crippen LogP) is 1.73. The lowest BCUT2D eigenvalue weighted by molar-refractivity contribution is 0.164. The van der Waals surface area contributed by atoms with Crippen molar-refractivity contribution in [2.24, 2.45) is 5.73 Å². The molecule has 3 nitrogen and oxygen atoms in total. The van der Waals surface area contributed by atoms with Gasteiger partial charge < -0.3 is 15.6 Å². The average molecular weight is 216 g/mol. The summed E-state index contributed by atoms with van der Waals surface area (Å²) >= 11 is 5.85. The molecular weight excluding hydrogens is 202 g/mol. The molecule has 0 aliphatic carbocycles. The molecule has 0 spiro atoms. The van der Waals surface area contributed by atoms with E-state index in [1.807, 2.05) is 0 Å². The number of benzene rings is 1. The largest absolute Gasteiger partial charge is 0.495 e. The Bertz CT molecular complexity index is 315. The number of nitrogens with two attached hydrogens (primary N) is 1. The molecule has 0 saturated heterocycles. The number of aliphatic hydroxyl groups is 1. The Balaban J connectivity index is 3.00. The van der Waals surface area contributed by atoms with E-state index in [0.29, 0.717) is 10.8 Å². The van der Waals surface area contributed by atoms with Crippen molar-refractivity contribution in [1.82, 2.24) is 0 Å². The van der Waals surface area contributed by atoms with Crippen LogP contribution in [-0.2, 0) is 0 Å². The van der Waals surface area contributed by atoms with Gasteiger partial charge >= 0.3 is 0 Å². The van der Waals surface area contributed by atoms with Gasteiger partial charge in [-0.25, -0.2) is 0 Å². The molecule has 78 valence electrons. The molecule has 0 unspecified atom stereocenters. The number of ether oxygens (including phenoxy) is 1. The van der Waals surface area contributed by atoms with Gasteiger partial charge in [0.1, 0.15) is 5.75 Å². The van der Waals surface area contributed by atoms with Crippen molar-refractivity contribution in [3.05, 3.63) is 28.8 Å². The summed E-state index contributed by atoms with van der Waals surface area (Å²) in [5.41, 5.74) is 6.57. The molecule has 0 radical (unpaired) electrons. The van der Waals surface area contributed by atoms with E-state index in [2.05, 4.69) is 0 Å². The maximum Gasteiger partial charge on any atom is 0.137 e. The Kier molecular flexibility index (Phi) is 3.75. The summed E-state index contributed by atoms with van der Waals surface area (Å²) in [6, 6.07) is 4.81. The summed E-state index contributed by atoms with van der Waals surface area (Å²) in [6.45, 7) is 1.64. The van der Waals surface area contributed by atoms with E-state index in [4.69, 9.17) is 22.1 Å². The molecule has 14 heavy (non-hydrogen) atoms. The van der Waals surface area contributed by atoms with Gasteiger partial charge in [-0.1, -0.05) is 17.7 Å². The van der Waals surface area contributed by atoms with Crippen LogP contribution in [-0.4, -0.2) is 18.3 Å². The fourth-order valence-corrected chi connectivity index (χ4v) is 1.36. The average Bonchev–Trinajstić information content (AvgIpc) is 2.17. The van der Waals surface area contributed by atoms with Crippen LogP contribution in [0.2, 0.25) is 5.02 Å². The van der Waals surface area contributed by atoms with Gasteiger partial charge in [-0.3, -0.25) is 0 Å². The van der Waals surface area contributed by atoms with Gasteiger partial charge in [-0.2, -0.15) is 0 Å². The van der Waals surface area contributed by atoms with Crippen molar-refractivity contribution in [3.8, 4) is 5.75 Å². The Morgan fingerprint density at radius 2 is 2.14 bits per heavy atom. The number of halogens is 1. The second-order valence-electron chi connectivity index (χ2n) is 3.16.